The molecule has 0 fully saturated rings. The Hall–Kier alpha value is -2.70. The van der Waals surface area contributed by atoms with E-state index in [1.807, 2.05) is 0 Å². The van der Waals surface area contributed by atoms with E-state index in [9.17, 15) is 18.0 Å². The molecule has 0 heterocycles. The number of ether oxygens (including phenoxy) is 3. The molecular formula is C20H21F3O4. The first-order chi connectivity index (χ1) is 12.8. The van der Waals surface area contributed by atoms with Crippen molar-refractivity contribution in [1.82, 2.24) is 0 Å². The van der Waals surface area contributed by atoms with Crippen LogP contribution < -0.4 is 14.2 Å². The van der Waals surface area contributed by atoms with E-state index in [1.165, 1.54) is 12.1 Å². The summed E-state index contributed by atoms with van der Waals surface area (Å²) in [6.45, 7) is 5.10. The second-order valence-corrected chi connectivity index (χ2v) is 5.78. The van der Waals surface area contributed by atoms with Gasteiger partial charge in [-0.25, -0.2) is 0 Å². The molecule has 0 aliphatic carbocycles. The first kappa shape index (κ1) is 20.6. The van der Waals surface area contributed by atoms with E-state index < -0.39 is 17.7 Å². The van der Waals surface area contributed by atoms with Crippen LogP contribution in [0.4, 0.5) is 13.2 Å². The quantitative estimate of drug-likeness (QED) is 0.481. The molecule has 27 heavy (non-hydrogen) atoms. The Bertz CT molecular complexity index is 800. The zero-order valence-corrected chi connectivity index (χ0v) is 15.4. The van der Waals surface area contributed by atoms with Gasteiger partial charge in [0.1, 0.15) is 23.9 Å². The first-order valence-electron chi connectivity index (χ1n) is 8.52. The van der Waals surface area contributed by atoms with Crippen molar-refractivity contribution in [2.24, 2.45) is 0 Å². The molecule has 0 saturated heterocycles. The molecule has 0 N–H and O–H groups in total. The molecule has 7 heteroatoms. The molecule has 2 aromatic carbocycles. The fourth-order valence-corrected chi connectivity index (χ4v) is 2.41. The number of hydrogen-bond donors (Lipinski definition) is 0. The average Bonchev–Trinajstić information content (AvgIpc) is 2.61. The van der Waals surface area contributed by atoms with Gasteiger partial charge >= 0.3 is 12.1 Å². The maximum Gasteiger partial charge on any atom is 0.419 e. The number of carbonyl (C=O) groups excluding carboxylic acids is 1. The van der Waals surface area contributed by atoms with E-state index in [-0.39, 0.29) is 24.5 Å². The lowest BCUT2D eigenvalue weighted by Crippen LogP contribution is -2.12. The van der Waals surface area contributed by atoms with Gasteiger partial charge in [-0.2, -0.15) is 13.2 Å². The Labute approximate surface area is 155 Å². The molecule has 4 nitrogen and oxygen atoms in total. The Morgan fingerprint density at radius 1 is 1.00 bits per heavy atom. The summed E-state index contributed by atoms with van der Waals surface area (Å²) >= 11 is 0. The summed E-state index contributed by atoms with van der Waals surface area (Å²) in [7, 11) is 0. The van der Waals surface area contributed by atoms with Crippen LogP contribution >= 0.6 is 0 Å². The van der Waals surface area contributed by atoms with Crippen molar-refractivity contribution in [2.45, 2.75) is 40.0 Å². The van der Waals surface area contributed by atoms with Crippen molar-refractivity contribution in [1.29, 1.82) is 0 Å². The fourth-order valence-electron chi connectivity index (χ4n) is 2.41. The van der Waals surface area contributed by atoms with Gasteiger partial charge in [0.25, 0.3) is 0 Å². The second-order valence-electron chi connectivity index (χ2n) is 5.78. The second kappa shape index (κ2) is 8.79. The van der Waals surface area contributed by atoms with Crippen LogP contribution in [0.1, 0.15) is 37.0 Å². The minimum absolute atomic E-state index is 0.162. The molecule has 0 unspecified atom stereocenters. The maximum atomic E-state index is 13.3. The van der Waals surface area contributed by atoms with Gasteiger partial charge in [0.2, 0.25) is 0 Å². The third kappa shape index (κ3) is 5.39. The van der Waals surface area contributed by atoms with Crippen molar-refractivity contribution >= 4 is 5.97 Å². The first-order valence-corrected chi connectivity index (χ1v) is 8.52. The van der Waals surface area contributed by atoms with E-state index in [0.717, 1.165) is 6.07 Å². The van der Waals surface area contributed by atoms with E-state index in [2.05, 4.69) is 0 Å². The maximum absolute atomic E-state index is 13.3. The number of alkyl halides is 3. The Morgan fingerprint density at radius 3 is 2.33 bits per heavy atom. The number of benzene rings is 2. The molecule has 0 radical (unpaired) electrons. The molecule has 0 aromatic heterocycles. The van der Waals surface area contributed by atoms with Crippen LogP contribution in [0.25, 0.3) is 0 Å². The molecule has 0 amide bonds. The molecule has 0 bridgehead atoms. The monoisotopic (exact) mass is 382 g/mol. The molecule has 146 valence electrons. The smallest absolute Gasteiger partial charge is 0.419 e. The number of aryl methyl sites for hydroxylation is 1. The zero-order chi connectivity index (χ0) is 20.0. The number of rotatable bonds is 7. The van der Waals surface area contributed by atoms with Crippen LogP contribution in [-0.2, 0) is 17.6 Å². The van der Waals surface area contributed by atoms with Crippen molar-refractivity contribution in [2.75, 3.05) is 6.61 Å². The van der Waals surface area contributed by atoms with Crippen LogP contribution in [0.5, 0.6) is 17.2 Å². The van der Waals surface area contributed by atoms with Gasteiger partial charge < -0.3 is 14.2 Å². The molecule has 2 aromatic rings. The van der Waals surface area contributed by atoms with Gasteiger partial charge in [0.15, 0.2) is 0 Å². The highest BCUT2D eigenvalue weighted by molar-refractivity contribution is 5.72. The molecule has 0 spiro atoms. The minimum atomic E-state index is -4.54. The molecule has 0 aliphatic rings. The highest BCUT2D eigenvalue weighted by Gasteiger charge is 2.34. The summed E-state index contributed by atoms with van der Waals surface area (Å²) in [4.78, 5) is 11.6. The van der Waals surface area contributed by atoms with E-state index in [1.54, 1.807) is 39.0 Å². The Kier molecular flexibility index (Phi) is 6.71. The molecule has 2 rings (SSSR count). The Morgan fingerprint density at radius 2 is 1.70 bits per heavy atom. The topological polar surface area (TPSA) is 44.8 Å². The van der Waals surface area contributed by atoms with Crippen LogP contribution in [0, 0.1) is 6.92 Å². The summed E-state index contributed by atoms with van der Waals surface area (Å²) in [5, 5.41) is 0. The van der Waals surface area contributed by atoms with Crippen LogP contribution in [0.2, 0.25) is 0 Å². The lowest BCUT2D eigenvalue weighted by atomic mass is 10.1. The van der Waals surface area contributed by atoms with Gasteiger partial charge in [0.05, 0.1) is 17.7 Å². The lowest BCUT2D eigenvalue weighted by molar-refractivity contribution is -0.139. The van der Waals surface area contributed by atoms with Gasteiger partial charge in [0, 0.05) is 6.42 Å². The van der Waals surface area contributed by atoms with Crippen molar-refractivity contribution < 1.29 is 32.2 Å². The molecule has 0 aliphatic heterocycles. The SMILES string of the molecule is CCOc1cccc(OC(=O)CC)c1COc1ccc(C)cc1C(F)(F)F. The predicted molar refractivity (Wildman–Crippen MR) is 94.1 cm³/mol. The van der Waals surface area contributed by atoms with Crippen molar-refractivity contribution in [3.63, 3.8) is 0 Å². The van der Waals surface area contributed by atoms with E-state index in [4.69, 9.17) is 14.2 Å². The van der Waals surface area contributed by atoms with Gasteiger partial charge in [-0.3, -0.25) is 4.79 Å². The average molecular weight is 382 g/mol. The summed E-state index contributed by atoms with van der Waals surface area (Å²) in [6.07, 6.45) is -4.38. The fraction of sp³-hybridized carbons (Fsp3) is 0.350. The summed E-state index contributed by atoms with van der Waals surface area (Å²) in [5.41, 5.74) is -0.0136. The molecule has 0 saturated carbocycles. The van der Waals surface area contributed by atoms with Gasteiger partial charge in [-0.15, -0.1) is 0 Å². The molecule has 0 atom stereocenters. The van der Waals surface area contributed by atoms with Crippen molar-refractivity contribution in [3.8, 4) is 17.2 Å². The number of halogens is 3. The number of esters is 1. The highest BCUT2D eigenvalue weighted by Crippen LogP contribution is 2.38. The third-order valence-corrected chi connectivity index (χ3v) is 3.71. The highest BCUT2D eigenvalue weighted by atomic mass is 19.4. The van der Waals surface area contributed by atoms with Crippen molar-refractivity contribution in [3.05, 3.63) is 53.1 Å². The summed E-state index contributed by atoms with van der Waals surface area (Å²) < 4.78 is 56.1. The van der Waals surface area contributed by atoms with Gasteiger partial charge in [-0.1, -0.05) is 24.6 Å². The minimum Gasteiger partial charge on any atom is -0.493 e. The normalized spacial score (nSPS) is 11.2. The third-order valence-electron chi connectivity index (χ3n) is 3.71. The van der Waals surface area contributed by atoms with Gasteiger partial charge in [-0.05, 0) is 38.1 Å². The molecular weight excluding hydrogens is 361 g/mol. The largest absolute Gasteiger partial charge is 0.493 e. The number of hydrogen-bond acceptors (Lipinski definition) is 4. The lowest BCUT2D eigenvalue weighted by Gasteiger charge is -2.18. The van der Waals surface area contributed by atoms with Crippen LogP contribution in [0.15, 0.2) is 36.4 Å². The van der Waals surface area contributed by atoms with Crippen LogP contribution in [0.3, 0.4) is 0 Å². The van der Waals surface area contributed by atoms with E-state index >= 15 is 0 Å². The summed E-state index contributed by atoms with van der Waals surface area (Å²) in [6, 6.07) is 8.68. The standard InChI is InChI=1S/C20H21F3O4/c1-4-19(24)27-17-8-6-7-16(25-5-2)14(17)12-26-18-10-9-13(3)11-15(18)20(21,22)23/h6-11H,4-5,12H2,1-3H3. The summed E-state index contributed by atoms with van der Waals surface area (Å²) in [5.74, 6) is -0.170. The predicted octanol–water partition coefficient (Wildman–Crippen LogP) is 5.31. The van der Waals surface area contributed by atoms with Crippen LogP contribution in [-0.4, -0.2) is 12.6 Å². The Balaban J connectivity index is 2.36. The zero-order valence-electron chi connectivity index (χ0n) is 15.4. The number of carbonyl (C=O) groups is 1. The van der Waals surface area contributed by atoms with E-state index in [0.29, 0.717) is 23.5 Å².